The number of alkyl halides is 1. The van der Waals surface area contributed by atoms with Gasteiger partial charge in [-0.05, 0) is 30.6 Å². The quantitative estimate of drug-likeness (QED) is 0.452. The predicted octanol–water partition coefficient (Wildman–Crippen LogP) is 4.00. The summed E-state index contributed by atoms with van der Waals surface area (Å²) in [5.41, 5.74) is 1.75. The van der Waals surface area contributed by atoms with E-state index in [0.717, 1.165) is 0 Å². The maximum Gasteiger partial charge on any atom is 0.0433 e. The molecule has 1 fully saturated rings. The summed E-state index contributed by atoms with van der Waals surface area (Å²) in [5, 5.41) is 0. The molecule has 0 bridgehead atoms. The predicted molar refractivity (Wildman–Crippen MR) is 55.6 cm³/mol. The van der Waals surface area contributed by atoms with Gasteiger partial charge in [-0.3, -0.25) is 0 Å². The lowest BCUT2D eigenvalue weighted by Gasteiger charge is -2.35. The molecule has 0 N–H and O–H groups in total. The first-order valence-electron chi connectivity index (χ1n) is 4.79. The van der Waals surface area contributed by atoms with Gasteiger partial charge in [0.25, 0.3) is 0 Å². The molecule has 0 aromatic rings. The highest BCUT2D eigenvalue weighted by Gasteiger charge is 2.28. The summed E-state index contributed by atoms with van der Waals surface area (Å²) < 4.78 is 0. The van der Waals surface area contributed by atoms with E-state index in [2.05, 4.69) is 20.4 Å². The van der Waals surface area contributed by atoms with Crippen LogP contribution in [0.2, 0.25) is 0 Å². The summed E-state index contributed by atoms with van der Waals surface area (Å²) in [6.45, 7) is 8.73. The number of halogens is 1. The molecule has 0 saturated heterocycles. The normalized spacial score (nSPS) is 28.4. The Morgan fingerprint density at radius 3 is 2.75 bits per heavy atom. The molecule has 0 aromatic carbocycles. The van der Waals surface area contributed by atoms with Crippen LogP contribution in [0.5, 0.6) is 0 Å². The highest BCUT2D eigenvalue weighted by atomic mass is 35.5. The molecule has 0 amide bonds. The van der Waals surface area contributed by atoms with Gasteiger partial charge < -0.3 is 0 Å². The lowest BCUT2D eigenvalue weighted by atomic mass is 9.70. The Morgan fingerprint density at radius 1 is 1.58 bits per heavy atom. The molecule has 70 valence electrons. The van der Waals surface area contributed by atoms with E-state index in [1.165, 1.54) is 31.3 Å². The Morgan fingerprint density at radius 2 is 2.25 bits per heavy atom. The van der Waals surface area contributed by atoms with Gasteiger partial charge in [0.1, 0.15) is 0 Å². The van der Waals surface area contributed by atoms with Gasteiger partial charge in [-0.25, -0.2) is 0 Å². The van der Waals surface area contributed by atoms with Crippen molar-refractivity contribution in [3.05, 3.63) is 12.2 Å². The maximum absolute atomic E-state index is 5.78. The molecule has 1 aliphatic carbocycles. The number of hydrogen-bond acceptors (Lipinski definition) is 0. The van der Waals surface area contributed by atoms with Gasteiger partial charge in [0.15, 0.2) is 0 Å². The Kier molecular flexibility index (Phi) is 3.22. The molecule has 0 nitrogen and oxygen atoms in total. The van der Waals surface area contributed by atoms with E-state index in [9.17, 15) is 0 Å². The van der Waals surface area contributed by atoms with Crippen LogP contribution >= 0.6 is 11.6 Å². The number of rotatable bonds is 2. The Labute approximate surface area is 81.0 Å². The molecule has 12 heavy (non-hydrogen) atoms. The van der Waals surface area contributed by atoms with Gasteiger partial charge in [0, 0.05) is 5.88 Å². The fourth-order valence-corrected chi connectivity index (χ4v) is 2.37. The minimum Gasteiger partial charge on any atom is -0.122 e. The summed E-state index contributed by atoms with van der Waals surface area (Å²) in [5.74, 6) is 1.33. The van der Waals surface area contributed by atoms with Crippen LogP contribution in [0.4, 0.5) is 0 Å². The van der Waals surface area contributed by atoms with E-state index < -0.39 is 0 Å². The Balaban J connectivity index is 2.52. The van der Waals surface area contributed by atoms with Crippen molar-refractivity contribution in [3.63, 3.8) is 0 Å². The summed E-state index contributed by atoms with van der Waals surface area (Å²) in [7, 11) is 0. The SMILES string of the molecule is C=C(CCl)C1CCCC(C)(C)C1. The lowest BCUT2D eigenvalue weighted by molar-refractivity contribution is 0.200. The second-order valence-electron chi connectivity index (χ2n) is 4.75. The van der Waals surface area contributed by atoms with Crippen molar-refractivity contribution in [3.8, 4) is 0 Å². The van der Waals surface area contributed by atoms with Crippen LogP contribution in [0, 0.1) is 11.3 Å². The van der Waals surface area contributed by atoms with E-state index in [4.69, 9.17) is 11.6 Å². The highest BCUT2D eigenvalue weighted by Crippen LogP contribution is 2.41. The van der Waals surface area contributed by atoms with Crippen molar-refractivity contribution in [2.24, 2.45) is 11.3 Å². The minimum absolute atomic E-state index is 0.512. The number of allylic oxidation sites excluding steroid dienone is 1. The van der Waals surface area contributed by atoms with Crippen LogP contribution in [-0.2, 0) is 0 Å². The van der Waals surface area contributed by atoms with Crippen LogP contribution in [0.3, 0.4) is 0 Å². The third kappa shape index (κ3) is 2.52. The smallest absolute Gasteiger partial charge is 0.0433 e. The van der Waals surface area contributed by atoms with E-state index in [0.29, 0.717) is 17.2 Å². The zero-order chi connectivity index (χ0) is 9.19. The second-order valence-corrected chi connectivity index (χ2v) is 5.02. The van der Waals surface area contributed by atoms with Gasteiger partial charge in [-0.15, -0.1) is 11.6 Å². The summed E-state index contributed by atoms with van der Waals surface area (Å²) >= 11 is 5.78. The molecule has 0 heterocycles. The summed E-state index contributed by atoms with van der Waals surface area (Å²) in [6.07, 6.45) is 5.28. The summed E-state index contributed by atoms with van der Waals surface area (Å²) in [6, 6.07) is 0. The average Bonchev–Trinajstić information content (AvgIpc) is 2.01. The zero-order valence-corrected chi connectivity index (χ0v) is 8.95. The Bertz CT molecular complexity index is 170. The standard InChI is InChI=1S/C11H19Cl/c1-9(8-12)10-5-4-6-11(2,3)7-10/h10H,1,4-8H2,2-3H3. The minimum atomic E-state index is 0.512. The fourth-order valence-electron chi connectivity index (χ4n) is 2.16. The monoisotopic (exact) mass is 186 g/mol. The molecular formula is C11H19Cl. The van der Waals surface area contributed by atoms with Crippen molar-refractivity contribution < 1.29 is 0 Å². The second kappa shape index (κ2) is 3.83. The van der Waals surface area contributed by atoms with Gasteiger partial charge in [-0.2, -0.15) is 0 Å². The molecule has 1 aliphatic rings. The fraction of sp³-hybridized carbons (Fsp3) is 0.818. The van der Waals surface area contributed by atoms with Crippen molar-refractivity contribution in [2.45, 2.75) is 39.5 Å². The van der Waals surface area contributed by atoms with Crippen LogP contribution in [0.15, 0.2) is 12.2 Å². The van der Waals surface area contributed by atoms with Gasteiger partial charge in [-0.1, -0.05) is 32.4 Å². The average molecular weight is 187 g/mol. The van der Waals surface area contributed by atoms with Crippen LogP contribution in [-0.4, -0.2) is 5.88 Å². The molecule has 0 radical (unpaired) electrons. The molecule has 1 saturated carbocycles. The van der Waals surface area contributed by atoms with E-state index >= 15 is 0 Å². The molecule has 1 unspecified atom stereocenters. The maximum atomic E-state index is 5.78. The Hall–Kier alpha value is 0.0300. The van der Waals surface area contributed by atoms with E-state index in [1.54, 1.807) is 0 Å². The first-order valence-corrected chi connectivity index (χ1v) is 5.32. The molecule has 1 rings (SSSR count). The van der Waals surface area contributed by atoms with Gasteiger partial charge in [0.05, 0.1) is 0 Å². The third-order valence-corrected chi connectivity index (χ3v) is 3.30. The van der Waals surface area contributed by atoms with Crippen molar-refractivity contribution in [2.75, 3.05) is 5.88 Å². The van der Waals surface area contributed by atoms with Crippen LogP contribution in [0.1, 0.15) is 39.5 Å². The first kappa shape index (κ1) is 10.1. The van der Waals surface area contributed by atoms with Gasteiger partial charge in [0.2, 0.25) is 0 Å². The van der Waals surface area contributed by atoms with Crippen molar-refractivity contribution in [1.29, 1.82) is 0 Å². The first-order chi connectivity index (χ1) is 5.55. The topological polar surface area (TPSA) is 0 Å². The van der Waals surface area contributed by atoms with Crippen molar-refractivity contribution in [1.82, 2.24) is 0 Å². The molecule has 0 aliphatic heterocycles. The van der Waals surface area contributed by atoms with E-state index in [-0.39, 0.29) is 0 Å². The molecular weight excluding hydrogens is 168 g/mol. The van der Waals surface area contributed by atoms with Crippen molar-refractivity contribution >= 4 is 11.6 Å². The van der Waals surface area contributed by atoms with Crippen LogP contribution < -0.4 is 0 Å². The largest absolute Gasteiger partial charge is 0.122 e. The third-order valence-electron chi connectivity index (χ3n) is 2.95. The van der Waals surface area contributed by atoms with E-state index in [1.807, 2.05) is 0 Å². The van der Waals surface area contributed by atoms with Crippen LogP contribution in [0.25, 0.3) is 0 Å². The molecule has 0 spiro atoms. The summed E-state index contributed by atoms with van der Waals surface area (Å²) in [4.78, 5) is 0. The molecule has 1 heteroatoms. The van der Waals surface area contributed by atoms with Gasteiger partial charge >= 0.3 is 0 Å². The lowest BCUT2D eigenvalue weighted by Crippen LogP contribution is -2.23. The number of hydrogen-bond donors (Lipinski definition) is 0. The highest BCUT2D eigenvalue weighted by molar-refractivity contribution is 6.19. The molecule has 0 aromatic heterocycles. The molecule has 1 atom stereocenters. The zero-order valence-electron chi connectivity index (χ0n) is 8.20.